The minimum absolute atomic E-state index is 0.0133. The van der Waals surface area contributed by atoms with Gasteiger partial charge in [0.1, 0.15) is 0 Å². The summed E-state index contributed by atoms with van der Waals surface area (Å²) in [7, 11) is 0. The molecule has 0 bridgehead atoms. The molecule has 0 radical (unpaired) electrons. The van der Waals surface area contributed by atoms with Crippen molar-refractivity contribution in [3.05, 3.63) is 0 Å². The van der Waals surface area contributed by atoms with Gasteiger partial charge in [0.05, 0.1) is 16.6 Å². The molecule has 0 amide bonds. The molecular weight excluding hydrogens is 150 g/mol. The van der Waals surface area contributed by atoms with Crippen LogP contribution in [0.4, 0.5) is 0 Å². The maximum absolute atomic E-state index is 10.0. The molecule has 0 saturated carbocycles. The Morgan fingerprint density at radius 2 is 2.30 bits per heavy atom. The van der Waals surface area contributed by atoms with Gasteiger partial charge in [0.2, 0.25) is 0 Å². The van der Waals surface area contributed by atoms with Gasteiger partial charge in [-0.25, -0.2) is 0 Å². The third-order valence-electron chi connectivity index (χ3n) is 0.826. The van der Waals surface area contributed by atoms with Gasteiger partial charge < -0.3 is 5.11 Å². The Labute approximate surface area is 64.0 Å². The minimum Gasteiger partial charge on any atom is -0.481 e. The van der Waals surface area contributed by atoms with Gasteiger partial charge in [0.15, 0.2) is 0 Å². The first-order valence-electron chi connectivity index (χ1n) is 2.75. The van der Waals surface area contributed by atoms with Gasteiger partial charge in [-0.1, -0.05) is 0 Å². The molecule has 0 saturated heterocycles. The highest BCUT2D eigenvalue weighted by Crippen LogP contribution is 2.22. The fourth-order valence-corrected chi connectivity index (χ4v) is 0.823. The van der Waals surface area contributed by atoms with Crippen molar-refractivity contribution < 1.29 is 9.90 Å². The van der Waals surface area contributed by atoms with E-state index >= 15 is 0 Å². The van der Waals surface area contributed by atoms with Gasteiger partial charge >= 0.3 is 5.97 Å². The van der Waals surface area contributed by atoms with E-state index in [1.807, 2.05) is 6.07 Å². The topological polar surface area (TPSA) is 61.1 Å². The Kier molecular flexibility index (Phi) is 3.23. The lowest BCUT2D eigenvalue weighted by atomic mass is 10.2. The minimum atomic E-state index is -0.881. The summed E-state index contributed by atoms with van der Waals surface area (Å²) >= 11 is 1.13. The first-order chi connectivity index (χ1) is 4.48. The molecule has 0 aliphatic rings. The highest BCUT2D eigenvalue weighted by atomic mass is 32.2. The normalized spacial score (nSPS) is 10.5. The van der Waals surface area contributed by atoms with E-state index in [2.05, 4.69) is 0 Å². The largest absolute Gasteiger partial charge is 0.481 e. The van der Waals surface area contributed by atoms with Crippen molar-refractivity contribution in [1.82, 2.24) is 0 Å². The zero-order chi connectivity index (χ0) is 8.20. The van der Waals surface area contributed by atoms with E-state index in [9.17, 15) is 4.79 Å². The number of rotatable bonds is 3. The fraction of sp³-hybridized carbons (Fsp3) is 0.667. The van der Waals surface area contributed by atoms with Gasteiger partial charge in [0.25, 0.3) is 0 Å². The molecule has 0 aliphatic carbocycles. The lowest BCUT2D eigenvalue weighted by Crippen LogP contribution is -2.14. The summed E-state index contributed by atoms with van der Waals surface area (Å²) in [6.45, 7) is 3.39. The Hall–Kier alpha value is -0.690. The number of thioether (sulfide) groups is 1. The predicted molar refractivity (Wildman–Crippen MR) is 39.8 cm³/mol. The number of carboxylic acid groups (broad SMARTS) is 1. The molecule has 0 spiro atoms. The SMILES string of the molecule is CC(C)(C#N)SCC(=O)O. The highest BCUT2D eigenvalue weighted by Gasteiger charge is 2.18. The molecule has 0 rings (SSSR count). The van der Waals surface area contributed by atoms with Crippen molar-refractivity contribution in [2.45, 2.75) is 18.6 Å². The Morgan fingerprint density at radius 1 is 1.80 bits per heavy atom. The van der Waals surface area contributed by atoms with Gasteiger partial charge in [-0.15, -0.1) is 11.8 Å². The quantitative estimate of drug-likeness (QED) is 0.670. The van der Waals surface area contributed by atoms with Crippen LogP contribution in [0.1, 0.15) is 13.8 Å². The van der Waals surface area contributed by atoms with Crippen LogP contribution >= 0.6 is 11.8 Å². The van der Waals surface area contributed by atoms with Gasteiger partial charge in [-0.2, -0.15) is 5.26 Å². The van der Waals surface area contributed by atoms with E-state index in [0.29, 0.717) is 0 Å². The summed E-state index contributed by atoms with van der Waals surface area (Å²) in [5, 5.41) is 16.7. The molecule has 0 atom stereocenters. The van der Waals surface area contributed by atoms with E-state index < -0.39 is 10.7 Å². The maximum atomic E-state index is 10.0. The van der Waals surface area contributed by atoms with Crippen LogP contribution in [0.2, 0.25) is 0 Å². The fourth-order valence-electron chi connectivity index (χ4n) is 0.274. The average Bonchev–Trinajstić information content (AvgIpc) is 1.85. The molecule has 3 nitrogen and oxygen atoms in total. The third-order valence-corrected chi connectivity index (χ3v) is 2.03. The van der Waals surface area contributed by atoms with Gasteiger partial charge in [-0.05, 0) is 13.8 Å². The molecule has 1 N–H and O–H groups in total. The zero-order valence-corrected chi connectivity index (χ0v) is 6.73. The van der Waals surface area contributed by atoms with Crippen LogP contribution in [0, 0.1) is 11.3 Å². The van der Waals surface area contributed by atoms with Crippen molar-refractivity contribution in [2.75, 3.05) is 5.75 Å². The van der Waals surface area contributed by atoms with Crippen LogP contribution in [-0.4, -0.2) is 21.6 Å². The van der Waals surface area contributed by atoms with Crippen molar-refractivity contribution in [1.29, 1.82) is 5.26 Å². The lowest BCUT2D eigenvalue weighted by Gasteiger charge is -2.11. The summed E-state index contributed by atoms with van der Waals surface area (Å²) in [5.74, 6) is -0.895. The van der Waals surface area contributed by atoms with Gasteiger partial charge in [-0.3, -0.25) is 4.79 Å². The van der Waals surface area contributed by atoms with Crippen LogP contribution in [0.5, 0.6) is 0 Å². The van der Waals surface area contributed by atoms with Crippen LogP contribution in [0.25, 0.3) is 0 Å². The summed E-state index contributed by atoms with van der Waals surface area (Å²) in [5.41, 5.74) is 0. The number of carboxylic acids is 1. The zero-order valence-electron chi connectivity index (χ0n) is 5.92. The first-order valence-corrected chi connectivity index (χ1v) is 3.73. The summed E-state index contributed by atoms with van der Waals surface area (Å²) < 4.78 is -0.585. The number of hydrogen-bond acceptors (Lipinski definition) is 3. The molecular formula is C6H9NO2S. The van der Waals surface area contributed by atoms with Crippen molar-refractivity contribution in [2.24, 2.45) is 0 Å². The lowest BCUT2D eigenvalue weighted by molar-refractivity contribution is -0.133. The van der Waals surface area contributed by atoms with E-state index in [1.54, 1.807) is 13.8 Å². The summed E-state index contributed by atoms with van der Waals surface area (Å²) in [4.78, 5) is 10.0. The van der Waals surface area contributed by atoms with E-state index in [1.165, 1.54) is 0 Å². The average molecular weight is 159 g/mol. The number of aliphatic carboxylic acids is 1. The molecule has 0 aromatic heterocycles. The highest BCUT2D eigenvalue weighted by molar-refractivity contribution is 8.01. The molecule has 0 fully saturated rings. The predicted octanol–water partition coefficient (Wildman–Crippen LogP) is 1.11. The second-order valence-corrected chi connectivity index (χ2v) is 3.90. The molecule has 10 heavy (non-hydrogen) atoms. The Morgan fingerprint density at radius 3 is 2.60 bits per heavy atom. The van der Waals surface area contributed by atoms with Crippen molar-refractivity contribution in [3.8, 4) is 6.07 Å². The van der Waals surface area contributed by atoms with Crippen LogP contribution in [0.15, 0.2) is 0 Å². The monoisotopic (exact) mass is 159 g/mol. The molecule has 4 heteroatoms. The van der Waals surface area contributed by atoms with Crippen LogP contribution in [-0.2, 0) is 4.79 Å². The Balaban J connectivity index is 3.71. The van der Waals surface area contributed by atoms with E-state index in [-0.39, 0.29) is 5.75 Å². The summed E-state index contributed by atoms with van der Waals surface area (Å²) in [6, 6.07) is 2.00. The number of carbonyl (C=O) groups is 1. The smallest absolute Gasteiger partial charge is 0.313 e. The van der Waals surface area contributed by atoms with Crippen LogP contribution < -0.4 is 0 Å². The number of hydrogen-bond donors (Lipinski definition) is 1. The maximum Gasteiger partial charge on any atom is 0.313 e. The van der Waals surface area contributed by atoms with E-state index in [0.717, 1.165) is 11.8 Å². The number of nitriles is 1. The second-order valence-electron chi connectivity index (χ2n) is 2.30. The molecule has 0 unspecified atom stereocenters. The van der Waals surface area contributed by atoms with Crippen LogP contribution in [0.3, 0.4) is 0 Å². The number of nitrogens with zero attached hydrogens (tertiary/aromatic N) is 1. The summed E-state index contributed by atoms with van der Waals surface area (Å²) in [6.07, 6.45) is 0. The molecule has 0 aliphatic heterocycles. The first kappa shape index (κ1) is 9.31. The standard InChI is InChI=1S/C6H9NO2S/c1-6(2,4-7)10-3-5(8)9/h3H2,1-2H3,(H,8,9). The molecule has 0 aromatic carbocycles. The van der Waals surface area contributed by atoms with Gasteiger partial charge in [0, 0.05) is 0 Å². The molecule has 0 aromatic rings. The van der Waals surface area contributed by atoms with Crippen molar-refractivity contribution >= 4 is 17.7 Å². The third kappa shape index (κ3) is 4.21. The Bertz CT molecular complexity index is 171. The molecule has 56 valence electrons. The second kappa shape index (κ2) is 3.47. The van der Waals surface area contributed by atoms with E-state index in [4.69, 9.17) is 10.4 Å². The molecule has 0 heterocycles. The van der Waals surface area contributed by atoms with Crippen molar-refractivity contribution in [3.63, 3.8) is 0 Å².